The van der Waals surface area contributed by atoms with Crippen LogP contribution in [0.3, 0.4) is 0 Å². The molecule has 0 unspecified atom stereocenters. The first-order valence-electron chi connectivity index (χ1n) is 8.64. The second-order valence-corrected chi connectivity index (χ2v) is 6.37. The molecule has 1 saturated heterocycles. The Morgan fingerprint density at radius 1 is 1.12 bits per heavy atom. The van der Waals surface area contributed by atoms with Gasteiger partial charge in [-0.25, -0.2) is 5.53 Å². The molecule has 3 N–H and O–H groups in total. The number of phenolic OH excluding ortho intramolecular Hbond substituents is 1. The molecule has 1 fully saturated rings. The van der Waals surface area contributed by atoms with E-state index in [1.807, 2.05) is 48.5 Å². The molecule has 5 nitrogen and oxygen atoms in total. The summed E-state index contributed by atoms with van der Waals surface area (Å²) in [4.78, 5) is 2.31. The Kier molecular flexibility index (Phi) is 5.80. The third-order valence-corrected chi connectivity index (χ3v) is 4.67. The number of nitrogens with one attached hydrogen (secondary N) is 2. The van der Waals surface area contributed by atoms with E-state index < -0.39 is 0 Å². The van der Waals surface area contributed by atoms with Crippen LogP contribution in [0.5, 0.6) is 5.75 Å². The molecule has 1 aliphatic heterocycles. The van der Waals surface area contributed by atoms with E-state index in [1.54, 1.807) is 12.3 Å². The van der Waals surface area contributed by atoms with Gasteiger partial charge in [0.2, 0.25) is 0 Å². The molecule has 1 heterocycles. The minimum Gasteiger partial charge on any atom is -0.508 e. The summed E-state index contributed by atoms with van der Waals surface area (Å²) < 4.78 is 0. The van der Waals surface area contributed by atoms with E-state index in [4.69, 9.17) is 5.53 Å². The summed E-state index contributed by atoms with van der Waals surface area (Å²) in [7, 11) is 0. The molecule has 130 valence electrons. The second kappa shape index (κ2) is 8.44. The van der Waals surface area contributed by atoms with Crippen molar-refractivity contribution in [3.05, 3.63) is 72.1 Å². The van der Waals surface area contributed by atoms with Crippen LogP contribution in [-0.4, -0.2) is 29.6 Å². The van der Waals surface area contributed by atoms with Crippen LogP contribution in [0.1, 0.15) is 24.3 Å². The van der Waals surface area contributed by atoms with Gasteiger partial charge in [0.25, 0.3) is 0 Å². The number of nitrogens with zero attached hydrogens (tertiary/aromatic N) is 2. The van der Waals surface area contributed by atoms with Gasteiger partial charge in [-0.2, -0.15) is 5.11 Å². The zero-order valence-corrected chi connectivity index (χ0v) is 14.2. The fraction of sp³-hybridized carbons (Fsp3) is 0.300. The lowest BCUT2D eigenvalue weighted by Crippen LogP contribution is -2.34. The lowest BCUT2D eigenvalue weighted by molar-refractivity contribution is 0.225. The summed E-state index contributed by atoms with van der Waals surface area (Å²) in [6.07, 6.45) is 3.82. The van der Waals surface area contributed by atoms with E-state index in [-0.39, 0.29) is 0 Å². The van der Waals surface area contributed by atoms with E-state index >= 15 is 0 Å². The fourth-order valence-corrected chi connectivity index (χ4v) is 3.28. The number of anilines is 1. The Bertz CT molecular complexity index is 721. The highest BCUT2D eigenvalue weighted by Crippen LogP contribution is 2.33. The molecule has 0 radical (unpaired) electrons. The number of likely N-dealkylation sites (tertiary alicyclic amines) is 1. The number of phenols is 1. The SMILES string of the molecule is N=N/C(=C\Nc1ccccc1)CN1CCC(c2ccccc2O)CC1. The topological polar surface area (TPSA) is 71.7 Å². The Hall–Kier alpha value is -2.66. The number of hydrogen-bond donors (Lipinski definition) is 3. The smallest absolute Gasteiger partial charge is 0.119 e. The van der Waals surface area contributed by atoms with Crippen molar-refractivity contribution in [3.63, 3.8) is 0 Å². The summed E-state index contributed by atoms with van der Waals surface area (Å²) >= 11 is 0. The first kappa shape index (κ1) is 17.2. The Balaban J connectivity index is 1.54. The maximum atomic E-state index is 10.0. The largest absolute Gasteiger partial charge is 0.508 e. The lowest BCUT2D eigenvalue weighted by Gasteiger charge is -2.32. The van der Waals surface area contributed by atoms with Crippen molar-refractivity contribution >= 4 is 5.69 Å². The molecule has 0 amide bonds. The van der Waals surface area contributed by atoms with Gasteiger partial charge >= 0.3 is 0 Å². The molecule has 2 aromatic rings. The van der Waals surface area contributed by atoms with Crippen molar-refractivity contribution in [1.29, 1.82) is 5.53 Å². The summed E-state index contributed by atoms with van der Waals surface area (Å²) in [6, 6.07) is 17.5. The van der Waals surface area contributed by atoms with Crippen molar-refractivity contribution in [2.45, 2.75) is 18.8 Å². The number of para-hydroxylation sites is 2. The minimum absolute atomic E-state index is 0.398. The normalized spacial score (nSPS) is 16.6. The van der Waals surface area contributed by atoms with Gasteiger partial charge in [0.15, 0.2) is 0 Å². The quantitative estimate of drug-likeness (QED) is 0.677. The van der Waals surface area contributed by atoms with Gasteiger partial charge in [-0.1, -0.05) is 36.4 Å². The number of rotatable bonds is 6. The van der Waals surface area contributed by atoms with E-state index in [1.165, 1.54) is 0 Å². The number of hydrogen-bond acceptors (Lipinski definition) is 5. The van der Waals surface area contributed by atoms with Crippen molar-refractivity contribution in [3.8, 4) is 5.75 Å². The highest BCUT2D eigenvalue weighted by molar-refractivity contribution is 5.45. The predicted octanol–water partition coefficient (Wildman–Crippen LogP) is 4.56. The van der Waals surface area contributed by atoms with E-state index in [0.717, 1.165) is 37.2 Å². The maximum absolute atomic E-state index is 10.0. The molecule has 1 aliphatic rings. The first-order chi connectivity index (χ1) is 12.3. The Labute approximate surface area is 148 Å². The van der Waals surface area contributed by atoms with E-state index in [0.29, 0.717) is 23.9 Å². The number of piperidine rings is 1. The van der Waals surface area contributed by atoms with Crippen LogP contribution >= 0.6 is 0 Å². The zero-order chi connectivity index (χ0) is 17.5. The van der Waals surface area contributed by atoms with Crippen LogP contribution in [0.4, 0.5) is 5.69 Å². The van der Waals surface area contributed by atoms with Crippen LogP contribution in [0, 0.1) is 5.53 Å². The van der Waals surface area contributed by atoms with Crippen molar-refractivity contribution < 1.29 is 5.11 Å². The molecule has 2 aromatic carbocycles. The molecule has 3 rings (SSSR count). The highest BCUT2D eigenvalue weighted by atomic mass is 16.3. The Morgan fingerprint density at radius 2 is 1.80 bits per heavy atom. The van der Waals surface area contributed by atoms with Crippen LogP contribution in [-0.2, 0) is 0 Å². The monoisotopic (exact) mass is 336 g/mol. The highest BCUT2D eigenvalue weighted by Gasteiger charge is 2.22. The average molecular weight is 336 g/mol. The molecular formula is C20H24N4O. The molecular weight excluding hydrogens is 312 g/mol. The second-order valence-electron chi connectivity index (χ2n) is 6.37. The van der Waals surface area contributed by atoms with Crippen LogP contribution in [0.25, 0.3) is 0 Å². The van der Waals surface area contributed by atoms with E-state index in [2.05, 4.69) is 15.3 Å². The van der Waals surface area contributed by atoms with Crippen LogP contribution < -0.4 is 5.32 Å². The van der Waals surface area contributed by atoms with Gasteiger partial charge in [0.1, 0.15) is 5.75 Å². The Morgan fingerprint density at radius 3 is 2.48 bits per heavy atom. The van der Waals surface area contributed by atoms with E-state index in [9.17, 15) is 5.11 Å². The molecule has 0 aliphatic carbocycles. The van der Waals surface area contributed by atoms with Gasteiger partial charge in [-0.15, -0.1) is 0 Å². The average Bonchev–Trinajstić information content (AvgIpc) is 2.67. The van der Waals surface area contributed by atoms with Crippen molar-refractivity contribution in [1.82, 2.24) is 4.90 Å². The van der Waals surface area contributed by atoms with Gasteiger partial charge < -0.3 is 10.4 Å². The third kappa shape index (κ3) is 4.67. The molecule has 0 bridgehead atoms. The number of aromatic hydroxyl groups is 1. The molecule has 0 spiro atoms. The number of benzene rings is 2. The summed E-state index contributed by atoms with van der Waals surface area (Å²) in [6.45, 7) is 2.55. The summed E-state index contributed by atoms with van der Waals surface area (Å²) in [5, 5.41) is 16.9. The van der Waals surface area contributed by atoms with Crippen LogP contribution in [0.2, 0.25) is 0 Å². The van der Waals surface area contributed by atoms with Gasteiger partial charge in [-0.3, -0.25) is 4.90 Å². The predicted molar refractivity (Wildman–Crippen MR) is 99.8 cm³/mol. The lowest BCUT2D eigenvalue weighted by atomic mass is 9.89. The standard InChI is InChI=1S/C20H24N4O/c21-23-18(14-22-17-6-2-1-3-7-17)15-24-12-10-16(11-13-24)19-8-4-5-9-20(19)25/h1-9,14,16,21-22,25H,10-13,15H2/b18-14-,23-21?. The first-order valence-corrected chi connectivity index (χ1v) is 8.64. The van der Waals surface area contributed by atoms with Crippen molar-refractivity contribution in [2.24, 2.45) is 5.11 Å². The third-order valence-electron chi connectivity index (χ3n) is 4.67. The summed E-state index contributed by atoms with van der Waals surface area (Å²) in [5.41, 5.74) is 10.2. The van der Waals surface area contributed by atoms with Gasteiger partial charge in [-0.05, 0) is 55.6 Å². The zero-order valence-electron chi connectivity index (χ0n) is 14.2. The van der Waals surface area contributed by atoms with Gasteiger partial charge in [0.05, 0.1) is 5.70 Å². The summed E-state index contributed by atoms with van der Waals surface area (Å²) in [5.74, 6) is 0.801. The van der Waals surface area contributed by atoms with Crippen molar-refractivity contribution in [2.75, 3.05) is 25.0 Å². The van der Waals surface area contributed by atoms with Crippen LogP contribution in [0.15, 0.2) is 71.6 Å². The molecule has 5 heteroatoms. The van der Waals surface area contributed by atoms with Gasteiger partial charge in [0, 0.05) is 18.4 Å². The molecule has 0 saturated carbocycles. The minimum atomic E-state index is 0.398. The molecule has 25 heavy (non-hydrogen) atoms. The molecule has 0 atom stereocenters. The fourth-order valence-electron chi connectivity index (χ4n) is 3.28. The molecule has 0 aromatic heterocycles. The maximum Gasteiger partial charge on any atom is 0.119 e.